The molecular formula is C21H18N2O5. The summed E-state index contributed by atoms with van der Waals surface area (Å²) in [5.41, 5.74) is 2.13. The summed E-state index contributed by atoms with van der Waals surface area (Å²) in [6.07, 6.45) is 2.20. The van der Waals surface area contributed by atoms with E-state index < -0.39 is 23.8 Å². The molecule has 1 aliphatic rings. The molecule has 1 fully saturated rings. The van der Waals surface area contributed by atoms with Crippen LogP contribution in [0.4, 0.5) is 10.5 Å². The lowest BCUT2D eigenvalue weighted by molar-refractivity contribution is -0.122. The van der Waals surface area contributed by atoms with Gasteiger partial charge in [0, 0.05) is 0 Å². The van der Waals surface area contributed by atoms with Crippen LogP contribution >= 0.6 is 0 Å². The largest absolute Gasteiger partial charge is 0.465 e. The molecule has 0 aromatic heterocycles. The number of carbonyl (C=O) groups excluding carboxylic acids is 4. The molecule has 4 amide bonds. The summed E-state index contributed by atoms with van der Waals surface area (Å²) in [7, 11) is 1.28. The number of hydrogen-bond donors (Lipinski definition) is 1. The van der Waals surface area contributed by atoms with E-state index in [1.54, 1.807) is 24.3 Å². The van der Waals surface area contributed by atoms with Crippen LogP contribution in [0.1, 0.15) is 28.4 Å². The third-order valence-electron chi connectivity index (χ3n) is 4.35. The maximum Gasteiger partial charge on any atom is 0.337 e. The Balaban J connectivity index is 1.92. The van der Waals surface area contributed by atoms with Crippen molar-refractivity contribution in [2.24, 2.45) is 0 Å². The zero-order chi connectivity index (χ0) is 20.3. The molecule has 2 aromatic rings. The molecule has 0 aliphatic carbocycles. The number of barbiturate groups is 1. The van der Waals surface area contributed by atoms with Crippen LogP contribution in [0.25, 0.3) is 6.08 Å². The summed E-state index contributed by atoms with van der Waals surface area (Å²) in [6.45, 7) is 2.00. The van der Waals surface area contributed by atoms with Crippen molar-refractivity contribution in [2.75, 3.05) is 12.0 Å². The highest BCUT2D eigenvalue weighted by atomic mass is 16.5. The molecule has 0 saturated carbocycles. The average molecular weight is 378 g/mol. The highest BCUT2D eigenvalue weighted by Crippen LogP contribution is 2.22. The van der Waals surface area contributed by atoms with Gasteiger partial charge in [-0.2, -0.15) is 0 Å². The summed E-state index contributed by atoms with van der Waals surface area (Å²) in [5.74, 6) is -1.97. The fourth-order valence-corrected chi connectivity index (χ4v) is 2.77. The second-order valence-electron chi connectivity index (χ2n) is 6.09. The number of esters is 1. The molecule has 3 rings (SSSR count). The van der Waals surface area contributed by atoms with Crippen molar-refractivity contribution in [3.05, 3.63) is 70.8 Å². The van der Waals surface area contributed by atoms with Gasteiger partial charge in [0.2, 0.25) is 0 Å². The van der Waals surface area contributed by atoms with Crippen molar-refractivity contribution in [1.82, 2.24) is 5.32 Å². The smallest absolute Gasteiger partial charge is 0.337 e. The molecule has 0 spiro atoms. The first-order chi connectivity index (χ1) is 13.4. The minimum Gasteiger partial charge on any atom is -0.465 e. The minimum absolute atomic E-state index is 0.176. The monoisotopic (exact) mass is 378 g/mol. The Morgan fingerprint density at radius 3 is 2.25 bits per heavy atom. The van der Waals surface area contributed by atoms with Gasteiger partial charge in [-0.15, -0.1) is 0 Å². The first-order valence-corrected chi connectivity index (χ1v) is 8.63. The van der Waals surface area contributed by atoms with Crippen LogP contribution in [0.2, 0.25) is 0 Å². The normalized spacial score (nSPS) is 15.6. The van der Waals surface area contributed by atoms with Crippen molar-refractivity contribution in [2.45, 2.75) is 13.3 Å². The SMILES string of the molecule is CCc1ccc(N2C(=O)NC(=O)C(=Cc3ccc(C(=O)OC)cc3)C2=O)cc1. The van der Waals surface area contributed by atoms with Crippen LogP contribution in [0, 0.1) is 0 Å². The van der Waals surface area contributed by atoms with Gasteiger partial charge >= 0.3 is 12.0 Å². The zero-order valence-corrected chi connectivity index (χ0v) is 15.4. The molecule has 0 bridgehead atoms. The molecule has 1 heterocycles. The molecule has 1 aliphatic heterocycles. The van der Waals surface area contributed by atoms with E-state index in [0.717, 1.165) is 16.9 Å². The Hall–Kier alpha value is -3.74. The van der Waals surface area contributed by atoms with Gasteiger partial charge in [0.25, 0.3) is 11.8 Å². The molecule has 1 saturated heterocycles. The van der Waals surface area contributed by atoms with E-state index in [0.29, 0.717) is 16.8 Å². The number of benzene rings is 2. The Bertz CT molecular complexity index is 975. The molecule has 7 nitrogen and oxygen atoms in total. The quantitative estimate of drug-likeness (QED) is 0.502. The number of methoxy groups -OCH3 is 1. The van der Waals surface area contributed by atoms with E-state index >= 15 is 0 Å². The van der Waals surface area contributed by atoms with Gasteiger partial charge in [0.1, 0.15) is 5.57 Å². The van der Waals surface area contributed by atoms with E-state index in [1.165, 1.54) is 25.3 Å². The molecule has 2 aromatic carbocycles. The average Bonchev–Trinajstić information content (AvgIpc) is 2.71. The fraction of sp³-hybridized carbons (Fsp3) is 0.143. The molecule has 142 valence electrons. The van der Waals surface area contributed by atoms with Gasteiger partial charge in [-0.1, -0.05) is 31.2 Å². The number of imide groups is 2. The van der Waals surface area contributed by atoms with Crippen molar-refractivity contribution < 1.29 is 23.9 Å². The molecule has 7 heteroatoms. The topological polar surface area (TPSA) is 92.8 Å². The first kappa shape index (κ1) is 19.0. The van der Waals surface area contributed by atoms with Crippen molar-refractivity contribution in [1.29, 1.82) is 0 Å². The summed E-state index contributed by atoms with van der Waals surface area (Å²) in [5, 5.41) is 2.18. The predicted molar refractivity (Wildman–Crippen MR) is 103 cm³/mol. The third-order valence-corrected chi connectivity index (χ3v) is 4.35. The molecule has 28 heavy (non-hydrogen) atoms. The van der Waals surface area contributed by atoms with E-state index in [2.05, 4.69) is 10.1 Å². The molecule has 0 unspecified atom stereocenters. The second-order valence-corrected chi connectivity index (χ2v) is 6.09. The number of aryl methyl sites for hydroxylation is 1. The van der Waals surface area contributed by atoms with Gasteiger partial charge < -0.3 is 4.74 Å². The van der Waals surface area contributed by atoms with E-state index in [9.17, 15) is 19.2 Å². The Labute approximate surface area is 161 Å². The second kappa shape index (κ2) is 7.87. The molecule has 0 atom stereocenters. The van der Waals surface area contributed by atoms with Crippen LogP contribution in [-0.4, -0.2) is 30.9 Å². The third kappa shape index (κ3) is 3.68. The van der Waals surface area contributed by atoms with Gasteiger partial charge in [0.05, 0.1) is 18.4 Å². The van der Waals surface area contributed by atoms with Gasteiger partial charge in [-0.25, -0.2) is 14.5 Å². The van der Waals surface area contributed by atoms with E-state index in [-0.39, 0.29) is 5.57 Å². The Morgan fingerprint density at radius 1 is 1.04 bits per heavy atom. The van der Waals surface area contributed by atoms with Crippen molar-refractivity contribution >= 4 is 35.6 Å². The van der Waals surface area contributed by atoms with E-state index in [4.69, 9.17) is 0 Å². The number of nitrogens with one attached hydrogen (secondary N) is 1. The number of carbonyl (C=O) groups is 4. The number of nitrogens with zero attached hydrogens (tertiary/aromatic N) is 1. The lowest BCUT2D eigenvalue weighted by Crippen LogP contribution is -2.54. The Morgan fingerprint density at radius 2 is 1.68 bits per heavy atom. The van der Waals surface area contributed by atoms with Crippen LogP contribution in [0.3, 0.4) is 0 Å². The number of rotatable bonds is 4. The van der Waals surface area contributed by atoms with Gasteiger partial charge in [0.15, 0.2) is 0 Å². The zero-order valence-electron chi connectivity index (χ0n) is 15.4. The lowest BCUT2D eigenvalue weighted by Gasteiger charge is -2.26. The summed E-state index contributed by atoms with van der Waals surface area (Å²) < 4.78 is 4.63. The molecule has 0 radical (unpaired) electrons. The Kier molecular flexibility index (Phi) is 5.35. The van der Waals surface area contributed by atoms with E-state index in [1.807, 2.05) is 19.1 Å². The summed E-state index contributed by atoms with van der Waals surface area (Å²) in [6, 6.07) is 12.4. The predicted octanol–water partition coefficient (Wildman–Crippen LogP) is 2.70. The lowest BCUT2D eigenvalue weighted by atomic mass is 10.0. The highest BCUT2D eigenvalue weighted by Gasteiger charge is 2.36. The number of ether oxygens (including phenoxy) is 1. The standard InChI is InChI=1S/C21H18N2O5/c1-3-13-6-10-16(11-7-13)23-19(25)17(18(24)22-21(23)27)12-14-4-8-15(9-5-14)20(26)28-2/h4-12H,3H2,1-2H3,(H,22,24,27). The van der Waals surface area contributed by atoms with Gasteiger partial charge in [-0.3, -0.25) is 14.9 Å². The van der Waals surface area contributed by atoms with Crippen LogP contribution in [0.5, 0.6) is 0 Å². The maximum atomic E-state index is 12.8. The van der Waals surface area contributed by atoms with Crippen LogP contribution in [-0.2, 0) is 20.7 Å². The fourth-order valence-electron chi connectivity index (χ4n) is 2.77. The summed E-state index contributed by atoms with van der Waals surface area (Å²) >= 11 is 0. The van der Waals surface area contributed by atoms with Crippen LogP contribution < -0.4 is 10.2 Å². The van der Waals surface area contributed by atoms with Gasteiger partial charge in [-0.05, 0) is 47.9 Å². The molecule has 1 N–H and O–H groups in total. The highest BCUT2D eigenvalue weighted by molar-refractivity contribution is 6.39. The number of amides is 4. The van der Waals surface area contributed by atoms with Crippen LogP contribution in [0.15, 0.2) is 54.1 Å². The van der Waals surface area contributed by atoms with Crippen molar-refractivity contribution in [3.8, 4) is 0 Å². The summed E-state index contributed by atoms with van der Waals surface area (Å²) in [4.78, 5) is 49.7. The number of urea groups is 1. The maximum absolute atomic E-state index is 12.8. The number of anilines is 1. The van der Waals surface area contributed by atoms with Crippen molar-refractivity contribution in [3.63, 3.8) is 0 Å². The first-order valence-electron chi connectivity index (χ1n) is 8.63. The minimum atomic E-state index is -0.794. The molecular weight excluding hydrogens is 360 g/mol. The number of hydrogen-bond acceptors (Lipinski definition) is 5.